The molecule has 0 aromatic heterocycles. The second-order valence-electron chi connectivity index (χ2n) is 6.96. The Balaban J connectivity index is 1.80. The maximum absolute atomic E-state index is 11.9. The summed E-state index contributed by atoms with van der Waals surface area (Å²) in [6.07, 6.45) is 2.85. The largest absolute Gasteiger partial charge is 0.396 e. The molecule has 1 aromatic carbocycles. The molecule has 1 aliphatic carbocycles. The third-order valence-electron chi connectivity index (χ3n) is 4.41. The van der Waals surface area contributed by atoms with Crippen molar-refractivity contribution in [3.8, 4) is 0 Å². The van der Waals surface area contributed by atoms with E-state index in [1.54, 1.807) is 0 Å². The second kappa shape index (κ2) is 6.88. The molecule has 1 aromatic rings. The summed E-state index contributed by atoms with van der Waals surface area (Å²) in [6.45, 7) is 5.38. The predicted octanol–water partition coefficient (Wildman–Crippen LogP) is 3.08. The standard InChI is InChI=1S/C17H25ClN2O2/c1-16(2,9-10-21)11-19-15(22)20-12-17(7-8-17)13-3-5-14(18)6-4-13/h3-6,21H,7-12H2,1-2H3,(H2,19,20,22). The Morgan fingerprint density at radius 2 is 1.91 bits per heavy atom. The molecule has 5 heteroatoms. The first-order chi connectivity index (χ1) is 10.4. The van der Waals surface area contributed by atoms with E-state index in [1.807, 2.05) is 38.1 Å². The van der Waals surface area contributed by atoms with E-state index in [0.717, 1.165) is 17.9 Å². The summed E-state index contributed by atoms with van der Waals surface area (Å²) in [5, 5.41) is 15.6. The highest BCUT2D eigenvalue weighted by atomic mass is 35.5. The van der Waals surface area contributed by atoms with Gasteiger partial charge in [-0.2, -0.15) is 0 Å². The Morgan fingerprint density at radius 1 is 1.27 bits per heavy atom. The number of halogens is 1. The van der Waals surface area contributed by atoms with Crippen LogP contribution in [0.15, 0.2) is 24.3 Å². The molecule has 0 saturated heterocycles. The van der Waals surface area contributed by atoms with Crippen LogP contribution in [0.2, 0.25) is 5.02 Å². The first kappa shape index (κ1) is 17.1. The van der Waals surface area contributed by atoms with Crippen LogP contribution >= 0.6 is 11.6 Å². The van der Waals surface area contributed by atoms with Crippen molar-refractivity contribution in [1.29, 1.82) is 0 Å². The molecule has 0 unspecified atom stereocenters. The smallest absolute Gasteiger partial charge is 0.314 e. The van der Waals surface area contributed by atoms with Gasteiger partial charge in [0.1, 0.15) is 0 Å². The van der Waals surface area contributed by atoms with Crippen LogP contribution in [0.25, 0.3) is 0 Å². The van der Waals surface area contributed by atoms with Crippen molar-refractivity contribution in [3.63, 3.8) is 0 Å². The minimum absolute atomic E-state index is 0.0720. The quantitative estimate of drug-likeness (QED) is 0.722. The van der Waals surface area contributed by atoms with Crippen molar-refractivity contribution in [2.45, 2.75) is 38.5 Å². The average molecular weight is 325 g/mol. The lowest BCUT2D eigenvalue weighted by Crippen LogP contribution is -2.43. The van der Waals surface area contributed by atoms with Gasteiger partial charge in [-0.05, 0) is 42.4 Å². The lowest BCUT2D eigenvalue weighted by molar-refractivity contribution is 0.201. The number of amides is 2. The highest BCUT2D eigenvalue weighted by Gasteiger charge is 2.44. The number of benzene rings is 1. The zero-order chi connectivity index (χ0) is 16.2. The summed E-state index contributed by atoms with van der Waals surface area (Å²) in [5.41, 5.74) is 1.21. The van der Waals surface area contributed by atoms with E-state index < -0.39 is 0 Å². The Hall–Kier alpha value is -1.26. The number of hydrogen-bond acceptors (Lipinski definition) is 2. The highest BCUT2D eigenvalue weighted by Crippen LogP contribution is 2.47. The summed E-state index contributed by atoms with van der Waals surface area (Å²) >= 11 is 5.92. The van der Waals surface area contributed by atoms with Gasteiger partial charge in [0.25, 0.3) is 0 Å². The molecule has 1 fully saturated rings. The lowest BCUT2D eigenvalue weighted by Gasteiger charge is -2.24. The van der Waals surface area contributed by atoms with Crippen LogP contribution in [0.3, 0.4) is 0 Å². The fraction of sp³-hybridized carbons (Fsp3) is 0.588. The van der Waals surface area contributed by atoms with Crippen LogP contribution in [0.1, 0.15) is 38.7 Å². The molecule has 1 saturated carbocycles. The van der Waals surface area contributed by atoms with Gasteiger partial charge < -0.3 is 15.7 Å². The van der Waals surface area contributed by atoms with Crippen LogP contribution in [0.4, 0.5) is 4.79 Å². The molecule has 0 aliphatic heterocycles. The van der Waals surface area contributed by atoms with Gasteiger partial charge in [-0.25, -0.2) is 4.79 Å². The van der Waals surface area contributed by atoms with Gasteiger partial charge in [0.05, 0.1) is 0 Å². The van der Waals surface area contributed by atoms with E-state index >= 15 is 0 Å². The van der Waals surface area contributed by atoms with Gasteiger partial charge in [0, 0.05) is 30.1 Å². The average Bonchev–Trinajstić information content (AvgIpc) is 3.25. The van der Waals surface area contributed by atoms with Crippen LogP contribution in [-0.2, 0) is 5.41 Å². The van der Waals surface area contributed by atoms with Crippen molar-refractivity contribution in [2.24, 2.45) is 5.41 Å². The van der Waals surface area contributed by atoms with E-state index in [1.165, 1.54) is 5.56 Å². The van der Waals surface area contributed by atoms with Crippen LogP contribution in [-0.4, -0.2) is 30.8 Å². The number of urea groups is 1. The number of nitrogens with one attached hydrogen (secondary N) is 2. The first-order valence-corrected chi connectivity index (χ1v) is 8.13. The summed E-state index contributed by atoms with van der Waals surface area (Å²) in [6, 6.07) is 7.73. The summed E-state index contributed by atoms with van der Waals surface area (Å²) in [4.78, 5) is 11.9. The molecule has 1 aliphatic rings. The van der Waals surface area contributed by atoms with Gasteiger partial charge in [-0.3, -0.25) is 0 Å². The van der Waals surface area contributed by atoms with E-state index in [9.17, 15) is 4.79 Å². The van der Waals surface area contributed by atoms with Gasteiger partial charge >= 0.3 is 6.03 Å². The maximum atomic E-state index is 11.9. The van der Waals surface area contributed by atoms with Gasteiger partial charge in [0.15, 0.2) is 0 Å². The Kier molecular flexibility index (Phi) is 5.35. The minimum atomic E-state index is -0.147. The molecule has 0 heterocycles. The van der Waals surface area contributed by atoms with Crippen molar-refractivity contribution in [3.05, 3.63) is 34.9 Å². The first-order valence-electron chi connectivity index (χ1n) is 7.76. The molecule has 0 bridgehead atoms. The predicted molar refractivity (Wildman–Crippen MR) is 89.2 cm³/mol. The molecule has 3 N–H and O–H groups in total. The van der Waals surface area contributed by atoms with E-state index in [0.29, 0.717) is 19.5 Å². The third kappa shape index (κ3) is 4.62. The second-order valence-corrected chi connectivity index (χ2v) is 7.40. The summed E-state index contributed by atoms with van der Waals surface area (Å²) in [5.74, 6) is 0. The zero-order valence-corrected chi connectivity index (χ0v) is 14.0. The molecular formula is C17H25ClN2O2. The molecule has 0 spiro atoms. The van der Waals surface area contributed by atoms with E-state index in [2.05, 4.69) is 10.6 Å². The molecular weight excluding hydrogens is 300 g/mol. The lowest BCUT2D eigenvalue weighted by atomic mass is 9.90. The fourth-order valence-electron chi connectivity index (χ4n) is 2.54. The van der Waals surface area contributed by atoms with Gasteiger partial charge in [-0.15, -0.1) is 0 Å². The highest BCUT2D eigenvalue weighted by molar-refractivity contribution is 6.30. The van der Waals surface area contributed by atoms with Crippen LogP contribution in [0, 0.1) is 5.41 Å². The molecule has 122 valence electrons. The van der Waals surface area contributed by atoms with Crippen molar-refractivity contribution in [1.82, 2.24) is 10.6 Å². The minimum Gasteiger partial charge on any atom is -0.396 e. The molecule has 22 heavy (non-hydrogen) atoms. The Labute approximate surface area is 137 Å². The number of aliphatic hydroxyl groups excluding tert-OH is 1. The van der Waals surface area contributed by atoms with Crippen molar-refractivity contribution >= 4 is 17.6 Å². The number of rotatable bonds is 7. The number of hydrogen-bond donors (Lipinski definition) is 3. The molecule has 2 amide bonds. The Bertz CT molecular complexity index is 510. The topological polar surface area (TPSA) is 61.4 Å². The van der Waals surface area contributed by atoms with Crippen LogP contribution < -0.4 is 10.6 Å². The van der Waals surface area contributed by atoms with Crippen LogP contribution in [0.5, 0.6) is 0 Å². The van der Waals surface area contributed by atoms with E-state index in [4.69, 9.17) is 16.7 Å². The SMILES string of the molecule is CC(C)(CCO)CNC(=O)NCC1(c2ccc(Cl)cc2)CC1. The molecule has 0 atom stereocenters. The molecule has 0 radical (unpaired) electrons. The number of carbonyl (C=O) groups is 1. The number of carbonyl (C=O) groups excluding carboxylic acids is 1. The van der Waals surface area contributed by atoms with Crippen molar-refractivity contribution in [2.75, 3.05) is 19.7 Å². The third-order valence-corrected chi connectivity index (χ3v) is 4.67. The number of aliphatic hydroxyl groups is 1. The maximum Gasteiger partial charge on any atom is 0.314 e. The van der Waals surface area contributed by atoms with Crippen molar-refractivity contribution < 1.29 is 9.90 Å². The fourth-order valence-corrected chi connectivity index (χ4v) is 2.67. The molecule has 4 nitrogen and oxygen atoms in total. The van der Waals surface area contributed by atoms with Gasteiger partial charge in [0.2, 0.25) is 0 Å². The van der Waals surface area contributed by atoms with Gasteiger partial charge in [-0.1, -0.05) is 37.6 Å². The normalized spacial score (nSPS) is 16.2. The monoisotopic (exact) mass is 324 g/mol. The summed E-state index contributed by atoms with van der Waals surface area (Å²) in [7, 11) is 0. The Morgan fingerprint density at radius 3 is 2.45 bits per heavy atom. The zero-order valence-electron chi connectivity index (χ0n) is 13.3. The van der Waals surface area contributed by atoms with E-state index in [-0.39, 0.29) is 23.5 Å². The summed E-state index contributed by atoms with van der Waals surface area (Å²) < 4.78 is 0. The molecule has 2 rings (SSSR count).